The molecule has 1 fully saturated rings. The van der Waals surface area contributed by atoms with Crippen LogP contribution in [0, 0.1) is 0 Å². The van der Waals surface area contributed by atoms with Crippen LogP contribution in [0.15, 0.2) is 0 Å². The summed E-state index contributed by atoms with van der Waals surface area (Å²) >= 11 is 5.61. The van der Waals surface area contributed by atoms with Crippen molar-refractivity contribution in [2.45, 2.75) is 64.4 Å². The Hall–Kier alpha value is -2.16. The standard InChI is InChI=1S/C15H19ClO9/c1-7(17)22-11-5-15(14(16)21,25-10(4)20)6-12(23-8(2)18)13(11)24-9(3)19/h11-13H,5-6H2,1-4H3. The lowest BCUT2D eigenvalue weighted by molar-refractivity contribution is -0.212. The molecule has 9 nitrogen and oxygen atoms in total. The first-order chi connectivity index (χ1) is 11.5. The van der Waals surface area contributed by atoms with Gasteiger partial charge in [-0.1, -0.05) is 0 Å². The summed E-state index contributed by atoms with van der Waals surface area (Å²) in [5.41, 5.74) is -1.88. The van der Waals surface area contributed by atoms with E-state index in [9.17, 15) is 24.0 Å². The molecule has 10 heteroatoms. The van der Waals surface area contributed by atoms with Gasteiger partial charge in [0.2, 0.25) is 0 Å². The largest absolute Gasteiger partial charge is 0.458 e. The molecular formula is C15H19ClO9. The minimum absolute atomic E-state index is 0.343. The lowest BCUT2D eigenvalue weighted by Gasteiger charge is -2.43. The predicted octanol–water partition coefficient (Wildman–Crippen LogP) is 0.643. The van der Waals surface area contributed by atoms with Gasteiger partial charge in [-0.05, 0) is 11.6 Å². The van der Waals surface area contributed by atoms with Crippen molar-refractivity contribution in [3.05, 3.63) is 0 Å². The molecular weight excluding hydrogens is 360 g/mol. The van der Waals surface area contributed by atoms with Gasteiger partial charge in [-0.25, -0.2) is 0 Å². The van der Waals surface area contributed by atoms with Gasteiger partial charge in [0.1, 0.15) is 12.2 Å². The highest BCUT2D eigenvalue weighted by Crippen LogP contribution is 2.38. The van der Waals surface area contributed by atoms with Gasteiger partial charge in [-0.3, -0.25) is 24.0 Å². The Balaban J connectivity index is 3.32. The Morgan fingerprint density at radius 3 is 1.44 bits per heavy atom. The maximum atomic E-state index is 11.9. The van der Waals surface area contributed by atoms with Crippen LogP contribution in [0.25, 0.3) is 0 Å². The quantitative estimate of drug-likeness (QED) is 0.385. The van der Waals surface area contributed by atoms with Crippen molar-refractivity contribution >= 4 is 40.7 Å². The smallest absolute Gasteiger partial charge is 0.303 e. The molecule has 1 aliphatic rings. The van der Waals surface area contributed by atoms with Crippen LogP contribution in [0.2, 0.25) is 0 Å². The fourth-order valence-corrected chi connectivity index (χ4v) is 2.94. The Morgan fingerprint density at radius 1 is 0.760 bits per heavy atom. The molecule has 0 spiro atoms. The molecule has 0 bridgehead atoms. The second-order valence-corrected chi connectivity index (χ2v) is 5.98. The van der Waals surface area contributed by atoms with Crippen LogP contribution in [0.1, 0.15) is 40.5 Å². The number of ether oxygens (including phenoxy) is 4. The van der Waals surface area contributed by atoms with Crippen molar-refractivity contribution in [2.24, 2.45) is 0 Å². The summed E-state index contributed by atoms with van der Waals surface area (Å²) < 4.78 is 20.4. The average Bonchev–Trinajstić information content (AvgIpc) is 2.40. The van der Waals surface area contributed by atoms with Crippen LogP contribution in [0.5, 0.6) is 0 Å². The highest BCUT2D eigenvalue weighted by atomic mass is 35.5. The maximum Gasteiger partial charge on any atom is 0.303 e. The normalized spacial score (nSPS) is 28.4. The van der Waals surface area contributed by atoms with E-state index in [0.29, 0.717) is 0 Å². The van der Waals surface area contributed by atoms with E-state index in [0.717, 1.165) is 27.7 Å². The Bertz CT molecular complexity index is 560. The van der Waals surface area contributed by atoms with E-state index < -0.39 is 53.0 Å². The molecule has 0 saturated heterocycles. The highest BCUT2D eigenvalue weighted by molar-refractivity contribution is 6.65. The number of carbonyl (C=O) groups is 5. The first-order valence-electron chi connectivity index (χ1n) is 7.38. The van der Waals surface area contributed by atoms with Crippen LogP contribution in [0.3, 0.4) is 0 Å². The fraction of sp³-hybridized carbons (Fsp3) is 0.667. The molecule has 2 atom stereocenters. The van der Waals surface area contributed by atoms with E-state index in [1.165, 1.54) is 0 Å². The summed E-state index contributed by atoms with van der Waals surface area (Å²) in [6.45, 7) is 4.41. The Kier molecular flexibility index (Phi) is 6.92. The van der Waals surface area contributed by atoms with Crippen LogP contribution >= 0.6 is 11.6 Å². The molecule has 0 heterocycles. The first-order valence-corrected chi connectivity index (χ1v) is 7.76. The third-order valence-corrected chi connectivity index (χ3v) is 3.77. The zero-order valence-corrected chi connectivity index (χ0v) is 15.0. The van der Waals surface area contributed by atoms with Crippen molar-refractivity contribution in [1.82, 2.24) is 0 Å². The maximum absolute atomic E-state index is 11.9. The summed E-state index contributed by atoms with van der Waals surface area (Å²) in [6, 6.07) is 0. The average molecular weight is 379 g/mol. The minimum Gasteiger partial charge on any atom is -0.458 e. The van der Waals surface area contributed by atoms with Crippen LogP contribution in [-0.2, 0) is 42.9 Å². The lowest BCUT2D eigenvalue weighted by Crippen LogP contribution is -2.59. The minimum atomic E-state index is -1.88. The van der Waals surface area contributed by atoms with Crippen LogP contribution in [-0.4, -0.2) is 53.0 Å². The molecule has 0 amide bonds. The second-order valence-electron chi connectivity index (χ2n) is 5.64. The molecule has 0 aliphatic heterocycles. The molecule has 0 radical (unpaired) electrons. The zero-order chi connectivity index (χ0) is 19.4. The van der Waals surface area contributed by atoms with Gasteiger partial charge in [0.15, 0.2) is 11.7 Å². The van der Waals surface area contributed by atoms with E-state index in [2.05, 4.69) is 0 Å². The SMILES string of the molecule is CC(=O)OC1CC(OC(C)=O)(C(=O)Cl)CC(OC(C)=O)C1OC(C)=O. The van der Waals surface area contributed by atoms with Gasteiger partial charge < -0.3 is 18.9 Å². The van der Waals surface area contributed by atoms with Crippen molar-refractivity contribution in [3.63, 3.8) is 0 Å². The van der Waals surface area contributed by atoms with E-state index in [1.54, 1.807) is 0 Å². The number of hydrogen-bond acceptors (Lipinski definition) is 9. The summed E-state index contributed by atoms with van der Waals surface area (Å²) in [5.74, 6) is -2.98. The Labute approximate surface area is 148 Å². The van der Waals surface area contributed by atoms with E-state index in [4.69, 9.17) is 30.5 Å². The third kappa shape index (κ3) is 5.70. The fourth-order valence-electron chi connectivity index (χ4n) is 2.75. The topological polar surface area (TPSA) is 122 Å². The van der Waals surface area contributed by atoms with E-state index >= 15 is 0 Å². The lowest BCUT2D eigenvalue weighted by atomic mass is 9.79. The molecule has 0 aromatic heterocycles. The number of halogens is 1. The monoisotopic (exact) mass is 378 g/mol. The molecule has 0 N–H and O–H groups in total. The van der Waals surface area contributed by atoms with Gasteiger partial charge in [0.25, 0.3) is 5.24 Å². The summed E-state index contributed by atoms with van der Waals surface area (Å²) in [4.78, 5) is 57.5. The van der Waals surface area contributed by atoms with Gasteiger partial charge in [-0.2, -0.15) is 0 Å². The van der Waals surface area contributed by atoms with Gasteiger partial charge in [0, 0.05) is 40.5 Å². The highest BCUT2D eigenvalue weighted by Gasteiger charge is 2.56. The molecule has 1 saturated carbocycles. The molecule has 25 heavy (non-hydrogen) atoms. The Morgan fingerprint density at radius 2 is 1.16 bits per heavy atom. The molecule has 1 rings (SSSR count). The number of rotatable bonds is 5. The molecule has 140 valence electrons. The molecule has 0 aromatic rings. The van der Waals surface area contributed by atoms with Gasteiger partial charge in [-0.15, -0.1) is 0 Å². The van der Waals surface area contributed by atoms with E-state index in [1.807, 2.05) is 0 Å². The van der Waals surface area contributed by atoms with Crippen LogP contribution in [0.4, 0.5) is 0 Å². The summed E-state index contributed by atoms with van der Waals surface area (Å²) in [7, 11) is 0. The number of esters is 4. The van der Waals surface area contributed by atoms with Gasteiger partial charge >= 0.3 is 23.9 Å². The van der Waals surface area contributed by atoms with E-state index in [-0.39, 0.29) is 12.8 Å². The first kappa shape index (κ1) is 20.9. The van der Waals surface area contributed by atoms with Crippen LogP contribution < -0.4 is 0 Å². The number of carbonyl (C=O) groups excluding carboxylic acids is 5. The molecule has 0 aromatic carbocycles. The van der Waals surface area contributed by atoms with Crippen molar-refractivity contribution in [1.29, 1.82) is 0 Å². The summed E-state index contributed by atoms with van der Waals surface area (Å²) in [5, 5.41) is -1.03. The molecule has 1 aliphatic carbocycles. The summed E-state index contributed by atoms with van der Waals surface area (Å²) in [6.07, 6.45) is -4.28. The van der Waals surface area contributed by atoms with Crippen molar-refractivity contribution in [3.8, 4) is 0 Å². The second kappa shape index (κ2) is 8.28. The molecule has 2 unspecified atom stereocenters. The van der Waals surface area contributed by atoms with Crippen molar-refractivity contribution in [2.75, 3.05) is 0 Å². The third-order valence-electron chi connectivity index (χ3n) is 3.43. The zero-order valence-electron chi connectivity index (χ0n) is 14.2. The van der Waals surface area contributed by atoms with Gasteiger partial charge in [0.05, 0.1) is 0 Å². The predicted molar refractivity (Wildman–Crippen MR) is 81.3 cm³/mol. The van der Waals surface area contributed by atoms with Crippen molar-refractivity contribution < 1.29 is 42.9 Å². The number of hydrogen-bond donors (Lipinski definition) is 0.